The number of amides is 2. The molecule has 2 rings (SSSR count). The molecule has 2 N–H and O–H groups in total. The fourth-order valence-corrected chi connectivity index (χ4v) is 2.24. The van der Waals surface area contributed by atoms with Crippen LogP contribution in [-0.4, -0.2) is 50.6 Å². The molecule has 116 valence electrons. The maximum absolute atomic E-state index is 12.0. The Bertz CT molecular complexity index is 534. The van der Waals surface area contributed by atoms with Gasteiger partial charge in [0.2, 0.25) is 0 Å². The van der Waals surface area contributed by atoms with E-state index in [1.54, 1.807) is 9.58 Å². The fraction of sp³-hybridized carbons (Fsp3) is 0.692. The average Bonchev–Trinajstić information content (AvgIpc) is 2.96. The Morgan fingerprint density at radius 1 is 1.48 bits per heavy atom. The van der Waals surface area contributed by atoms with Gasteiger partial charge in [-0.3, -0.25) is 9.48 Å². The molecule has 1 aromatic heterocycles. The van der Waals surface area contributed by atoms with Gasteiger partial charge in [-0.25, -0.2) is 4.79 Å². The quantitative estimate of drug-likeness (QED) is 0.881. The lowest BCUT2D eigenvalue weighted by molar-refractivity contribution is 0.0286. The van der Waals surface area contributed by atoms with Crippen LogP contribution < -0.4 is 5.73 Å². The van der Waals surface area contributed by atoms with E-state index < -0.39 is 11.5 Å². The summed E-state index contributed by atoms with van der Waals surface area (Å²) >= 11 is 0. The first kappa shape index (κ1) is 15.3. The highest BCUT2D eigenvalue weighted by Gasteiger charge is 2.30. The number of aromatic nitrogens is 3. The minimum Gasteiger partial charge on any atom is -0.444 e. The summed E-state index contributed by atoms with van der Waals surface area (Å²) in [6.07, 6.45) is 2.10. The highest BCUT2D eigenvalue weighted by molar-refractivity contribution is 5.90. The minimum absolute atomic E-state index is 0.150. The zero-order valence-electron chi connectivity index (χ0n) is 12.6. The highest BCUT2D eigenvalue weighted by Crippen LogP contribution is 2.20. The lowest BCUT2D eigenvalue weighted by Crippen LogP contribution is -2.35. The molecule has 0 saturated carbocycles. The molecule has 2 amide bonds. The number of nitrogens with zero attached hydrogens (tertiary/aromatic N) is 4. The summed E-state index contributed by atoms with van der Waals surface area (Å²) in [5.74, 6) is -0.331. The van der Waals surface area contributed by atoms with Crippen LogP contribution in [0.1, 0.15) is 37.7 Å². The summed E-state index contributed by atoms with van der Waals surface area (Å²) in [6, 6.07) is 0. The van der Waals surface area contributed by atoms with Gasteiger partial charge in [-0.2, -0.15) is 0 Å². The van der Waals surface area contributed by atoms with Crippen LogP contribution >= 0.6 is 0 Å². The number of hydrogen-bond acceptors (Lipinski definition) is 5. The topological polar surface area (TPSA) is 103 Å². The Morgan fingerprint density at radius 3 is 2.76 bits per heavy atom. The van der Waals surface area contributed by atoms with Crippen molar-refractivity contribution >= 4 is 12.0 Å². The van der Waals surface area contributed by atoms with Crippen molar-refractivity contribution in [3.05, 3.63) is 11.9 Å². The van der Waals surface area contributed by atoms with E-state index in [0.717, 1.165) is 6.42 Å². The SMILES string of the molecule is CC(C)(C)OC(=O)N1CCC(Cn2cc(C(N)=O)nn2)C1. The Morgan fingerprint density at radius 2 is 2.19 bits per heavy atom. The average molecular weight is 295 g/mol. The number of hydrogen-bond donors (Lipinski definition) is 1. The second-order valence-corrected chi connectivity index (χ2v) is 6.27. The molecular formula is C13H21N5O3. The van der Waals surface area contributed by atoms with Gasteiger partial charge in [0.15, 0.2) is 5.69 Å². The normalized spacial score (nSPS) is 18.8. The molecule has 8 nitrogen and oxygen atoms in total. The smallest absolute Gasteiger partial charge is 0.410 e. The lowest BCUT2D eigenvalue weighted by atomic mass is 10.1. The van der Waals surface area contributed by atoms with Crippen molar-refractivity contribution in [2.24, 2.45) is 11.7 Å². The van der Waals surface area contributed by atoms with E-state index in [2.05, 4.69) is 10.3 Å². The van der Waals surface area contributed by atoms with Crippen molar-refractivity contribution in [2.75, 3.05) is 13.1 Å². The zero-order chi connectivity index (χ0) is 15.6. The van der Waals surface area contributed by atoms with Gasteiger partial charge in [0, 0.05) is 19.6 Å². The van der Waals surface area contributed by atoms with Crippen molar-refractivity contribution in [3.8, 4) is 0 Å². The lowest BCUT2D eigenvalue weighted by Gasteiger charge is -2.24. The van der Waals surface area contributed by atoms with Gasteiger partial charge in [-0.1, -0.05) is 5.21 Å². The molecule has 0 bridgehead atoms. The van der Waals surface area contributed by atoms with Crippen molar-refractivity contribution in [1.82, 2.24) is 19.9 Å². The molecule has 1 saturated heterocycles. The summed E-state index contributed by atoms with van der Waals surface area (Å²) in [5, 5.41) is 7.55. The Labute approximate surface area is 123 Å². The fourth-order valence-electron chi connectivity index (χ4n) is 2.24. The van der Waals surface area contributed by atoms with Crippen LogP contribution in [0.3, 0.4) is 0 Å². The summed E-state index contributed by atoms with van der Waals surface area (Å²) in [6.45, 7) is 7.41. The van der Waals surface area contributed by atoms with Crippen LogP contribution in [0.15, 0.2) is 6.20 Å². The molecule has 1 fully saturated rings. The maximum atomic E-state index is 12.0. The molecular weight excluding hydrogens is 274 g/mol. The molecule has 1 unspecified atom stereocenters. The number of carbonyl (C=O) groups excluding carboxylic acids is 2. The van der Waals surface area contributed by atoms with Crippen LogP contribution in [0.25, 0.3) is 0 Å². The van der Waals surface area contributed by atoms with Crippen LogP contribution in [0, 0.1) is 5.92 Å². The first-order valence-corrected chi connectivity index (χ1v) is 6.92. The van der Waals surface area contributed by atoms with Gasteiger partial charge >= 0.3 is 6.09 Å². The third kappa shape index (κ3) is 4.17. The van der Waals surface area contributed by atoms with Gasteiger partial charge in [-0.05, 0) is 33.1 Å². The maximum Gasteiger partial charge on any atom is 0.410 e. The predicted molar refractivity (Wildman–Crippen MR) is 74.5 cm³/mol. The number of primary amides is 1. The summed E-state index contributed by atoms with van der Waals surface area (Å²) in [7, 11) is 0. The molecule has 8 heteroatoms. The Balaban J connectivity index is 1.87. The van der Waals surface area contributed by atoms with Gasteiger partial charge in [0.25, 0.3) is 5.91 Å². The van der Waals surface area contributed by atoms with E-state index in [9.17, 15) is 9.59 Å². The van der Waals surface area contributed by atoms with Crippen LogP contribution in [0.4, 0.5) is 4.79 Å². The van der Waals surface area contributed by atoms with Gasteiger partial charge < -0.3 is 15.4 Å². The molecule has 0 aliphatic carbocycles. The standard InChI is InChI=1S/C13H21N5O3/c1-13(2,3)21-12(20)17-5-4-9(6-17)7-18-8-10(11(14)19)15-16-18/h8-9H,4-7H2,1-3H3,(H2,14,19). The van der Waals surface area contributed by atoms with Gasteiger partial charge in [-0.15, -0.1) is 5.10 Å². The summed E-state index contributed by atoms with van der Waals surface area (Å²) in [5.41, 5.74) is 4.79. The van der Waals surface area contributed by atoms with Crippen LogP contribution in [0.5, 0.6) is 0 Å². The summed E-state index contributed by atoms with van der Waals surface area (Å²) in [4.78, 5) is 24.6. The first-order chi connectivity index (χ1) is 9.74. The van der Waals surface area contributed by atoms with E-state index in [0.29, 0.717) is 19.6 Å². The van der Waals surface area contributed by atoms with E-state index in [-0.39, 0.29) is 17.7 Å². The Hall–Kier alpha value is -2.12. The molecule has 1 aromatic rings. The third-order valence-electron chi connectivity index (χ3n) is 3.17. The second-order valence-electron chi connectivity index (χ2n) is 6.27. The number of nitrogens with two attached hydrogens (primary N) is 1. The van der Waals surface area contributed by atoms with Gasteiger partial charge in [0.05, 0.1) is 6.20 Å². The van der Waals surface area contributed by atoms with Gasteiger partial charge in [0.1, 0.15) is 5.60 Å². The number of ether oxygens (including phenoxy) is 1. The first-order valence-electron chi connectivity index (χ1n) is 6.92. The van der Waals surface area contributed by atoms with Crippen molar-refractivity contribution in [2.45, 2.75) is 39.3 Å². The number of likely N-dealkylation sites (tertiary alicyclic amines) is 1. The largest absolute Gasteiger partial charge is 0.444 e. The van der Waals surface area contributed by atoms with E-state index in [1.807, 2.05) is 20.8 Å². The molecule has 1 aliphatic rings. The molecule has 1 aliphatic heterocycles. The van der Waals surface area contributed by atoms with Crippen molar-refractivity contribution < 1.29 is 14.3 Å². The second kappa shape index (κ2) is 5.71. The Kier molecular flexibility index (Phi) is 4.15. The minimum atomic E-state index is -0.594. The molecule has 0 aromatic carbocycles. The number of rotatable bonds is 3. The third-order valence-corrected chi connectivity index (χ3v) is 3.17. The molecule has 1 atom stereocenters. The van der Waals surface area contributed by atoms with E-state index in [1.165, 1.54) is 6.20 Å². The zero-order valence-corrected chi connectivity index (χ0v) is 12.6. The van der Waals surface area contributed by atoms with Crippen molar-refractivity contribution in [3.63, 3.8) is 0 Å². The summed E-state index contributed by atoms with van der Waals surface area (Å²) < 4.78 is 6.93. The monoisotopic (exact) mass is 295 g/mol. The predicted octanol–water partition coefficient (Wildman–Crippen LogP) is 0.634. The highest BCUT2D eigenvalue weighted by atomic mass is 16.6. The van der Waals surface area contributed by atoms with Crippen LogP contribution in [0.2, 0.25) is 0 Å². The number of carbonyl (C=O) groups is 2. The van der Waals surface area contributed by atoms with Crippen LogP contribution in [-0.2, 0) is 11.3 Å². The molecule has 0 radical (unpaired) electrons. The van der Waals surface area contributed by atoms with E-state index >= 15 is 0 Å². The molecule has 2 heterocycles. The molecule has 0 spiro atoms. The van der Waals surface area contributed by atoms with E-state index in [4.69, 9.17) is 10.5 Å². The van der Waals surface area contributed by atoms with Crippen molar-refractivity contribution in [1.29, 1.82) is 0 Å². The molecule has 21 heavy (non-hydrogen) atoms.